The largest absolute Gasteiger partial charge is 0.395 e. The number of unbranched alkanes of at least 4 members (excludes halogenated alkanes) is 1. The van der Waals surface area contributed by atoms with Crippen molar-refractivity contribution in [1.82, 2.24) is 10.2 Å². The lowest BCUT2D eigenvalue weighted by atomic mass is 9.91. The Kier molecular flexibility index (Phi) is 8.08. The average Bonchev–Trinajstić information content (AvgIpc) is 2.22. The molecule has 0 aliphatic heterocycles. The van der Waals surface area contributed by atoms with Crippen LogP contribution in [0.25, 0.3) is 0 Å². The Morgan fingerprint density at radius 1 is 1.06 bits per heavy atom. The lowest BCUT2D eigenvalue weighted by molar-refractivity contribution is 0.135. The molecule has 0 aromatic heterocycles. The number of hydrogen-bond acceptors (Lipinski definition) is 3. The van der Waals surface area contributed by atoms with Crippen molar-refractivity contribution in [1.29, 1.82) is 0 Å². The van der Waals surface area contributed by atoms with Crippen LogP contribution in [0.3, 0.4) is 0 Å². The number of rotatable bonds is 9. The molecule has 0 saturated carbocycles. The summed E-state index contributed by atoms with van der Waals surface area (Å²) in [5.74, 6) is 0. The fourth-order valence-electron chi connectivity index (χ4n) is 1.96. The fraction of sp³-hybridized carbons (Fsp3) is 1.00. The summed E-state index contributed by atoms with van der Waals surface area (Å²) < 4.78 is 0. The molecule has 0 aliphatic carbocycles. The number of nitrogens with one attached hydrogen (secondary N) is 1. The Morgan fingerprint density at radius 3 is 2.11 bits per heavy atom. The fourth-order valence-corrected chi connectivity index (χ4v) is 1.96. The first-order valence-electron chi connectivity index (χ1n) is 7.28. The third kappa shape index (κ3) is 9.86. The molecule has 2 N–H and O–H groups in total. The van der Waals surface area contributed by atoms with Crippen molar-refractivity contribution in [3.63, 3.8) is 0 Å². The summed E-state index contributed by atoms with van der Waals surface area (Å²) in [5, 5.41) is 12.7. The lowest BCUT2D eigenvalue weighted by Crippen LogP contribution is -2.47. The topological polar surface area (TPSA) is 35.5 Å². The standard InChI is InChI=1S/C15H34N2O/c1-7-8-9-17(10-11-18)13-15(5,6)12-16-14(2,3)4/h16,18H,7-13H2,1-6H3. The van der Waals surface area contributed by atoms with Crippen molar-refractivity contribution in [3.8, 4) is 0 Å². The maximum absolute atomic E-state index is 9.13. The minimum atomic E-state index is 0.169. The zero-order chi connectivity index (χ0) is 14.2. The zero-order valence-electron chi connectivity index (χ0n) is 13.3. The van der Waals surface area contributed by atoms with E-state index in [0.29, 0.717) is 0 Å². The molecule has 0 heterocycles. The molecule has 0 fully saturated rings. The Labute approximate surface area is 114 Å². The summed E-state index contributed by atoms with van der Waals surface area (Å²) in [7, 11) is 0. The summed E-state index contributed by atoms with van der Waals surface area (Å²) in [6.45, 7) is 17.6. The minimum Gasteiger partial charge on any atom is -0.395 e. The summed E-state index contributed by atoms with van der Waals surface area (Å²) in [6.07, 6.45) is 2.42. The van der Waals surface area contributed by atoms with Gasteiger partial charge in [-0.1, -0.05) is 27.2 Å². The van der Waals surface area contributed by atoms with Crippen LogP contribution in [-0.2, 0) is 0 Å². The molecular weight excluding hydrogens is 224 g/mol. The van der Waals surface area contributed by atoms with E-state index in [1.165, 1.54) is 12.8 Å². The Bertz CT molecular complexity index is 209. The normalized spacial score (nSPS) is 13.3. The third-order valence-electron chi connectivity index (χ3n) is 2.99. The van der Waals surface area contributed by atoms with Gasteiger partial charge >= 0.3 is 0 Å². The van der Waals surface area contributed by atoms with Gasteiger partial charge in [0.05, 0.1) is 6.61 Å². The Hall–Kier alpha value is -0.120. The molecule has 3 heteroatoms. The first-order valence-corrected chi connectivity index (χ1v) is 7.28. The predicted molar refractivity (Wildman–Crippen MR) is 80.0 cm³/mol. The van der Waals surface area contributed by atoms with Gasteiger partial charge in [-0.05, 0) is 39.2 Å². The van der Waals surface area contributed by atoms with Crippen molar-refractivity contribution < 1.29 is 5.11 Å². The maximum Gasteiger partial charge on any atom is 0.0558 e. The number of nitrogens with zero attached hydrogens (tertiary/aromatic N) is 1. The van der Waals surface area contributed by atoms with Crippen LogP contribution in [-0.4, -0.2) is 48.3 Å². The van der Waals surface area contributed by atoms with Gasteiger partial charge in [0.25, 0.3) is 0 Å². The van der Waals surface area contributed by atoms with Gasteiger partial charge in [0.15, 0.2) is 0 Å². The zero-order valence-corrected chi connectivity index (χ0v) is 13.3. The molecule has 0 radical (unpaired) electrons. The molecule has 0 unspecified atom stereocenters. The molecule has 0 aromatic carbocycles. The first kappa shape index (κ1) is 17.9. The average molecular weight is 258 g/mol. The van der Waals surface area contributed by atoms with E-state index in [2.05, 4.69) is 51.8 Å². The van der Waals surface area contributed by atoms with E-state index in [1.807, 2.05) is 0 Å². The van der Waals surface area contributed by atoms with Crippen LogP contribution in [0.5, 0.6) is 0 Å². The van der Waals surface area contributed by atoms with E-state index in [4.69, 9.17) is 5.11 Å². The highest BCUT2D eigenvalue weighted by Crippen LogP contribution is 2.17. The summed E-state index contributed by atoms with van der Waals surface area (Å²) in [4.78, 5) is 2.38. The highest BCUT2D eigenvalue weighted by atomic mass is 16.3. The molecule has 0 bridgehead atoms. The molecule has 3 nitrogen and oxygen atoms in total. The van der Waals surface area contributed by atoms with Crippen LogP contribution in [0.2, 0.25) is 0 Å². The minimum absolute atomic E-state index is 0.169. The van der Waals surface area contributed by atoms with Crippen molar-refractivity contribution >= 4 is 0 Å². The van der Waals surface area contributed by atoms with Crippen LogP contribution in [0, 0.1) is 5.41 Å². The second-order valence-corrected chi connectivity index (χ2v) is 7.12. The highest BCUT2D eigenvalue weighted by molar-refractivity contribution is 4.80. The van der Waals surface area contributed by atoms with Crippen molar-refractivity contribution in [2.24, 2.45) is 5.41 Å². The second-order valence-electron chi connectivity index (χ2n) is 7.12. The number of aliphatic hydroxyl groups is 1. The van der Waals surface area contributed by atoms with Gasteiger partial charge in [0.2, 0.25) is 0 Å². The van der Waals surface area contributed by atoms with Gasteiger partial charge in [-0.25, -0.2) is 0 Å². The molecule has 0 rings (SSSR count). The molecule has 0 saturated heterocycles. The molecule has 0 atom stereocenters. The molecule has 0 spiro atoms. The lowest BCUT2D eigenvalue weighted by Gasteiger charge is -2.35. The van der Waals surface area contributed by atoms with Crippen molar-refractivity contribution in [2.75, 3.05) is 32.8 Å². The van der Waals surface area contributed by atoms with E-state index in [9.17, 15) is 0 Å². The molecule has 0 aliphatic rings. The van der Waals surface area contributed by atoms with Gasteiger partial charge in [-0.3, -0.25) is 0 Å². The van der Waals surface area contributed by atoms with E-state index >= 15 is 0 Å². The molecule has 110 valence electrons. The number of hydrogen-bond donors (Lipinski definition) is 2. The van der Waals surface area contributed by atoms with Crippen molar-refractivity contribution in [3.05, 3.63) is 0 Å². The van der Waals surface area contributed by atoms with E-state index in [0.717, 1.165) is 26.2 Å². The van der Waals surface area contributed by atoms with E-state index in [-0.39, 0.29) is 17.6 Å². The highest BCUT2D eigenvalue weighted by Gasteiger charge is 2.23. The molecule has 0 aromatic rings. The van der Waals surface area contributed by atoms with Gasteiger partial charge in [0.1, 0.15) is 0 Å². The second kappa shape index (κ2) is 8.13. The molecular formula is C15H34N2O. The smallest absolute Gasteiger partial charge is 0.0558 e. The quantitative estimate of drug-likeness (QED) is 0.667. The van der Waals surface area contributed by atoms with Crippen LogP contribution in [0.1, 0.15) is 54.4 Å². The van der Waals surface area contributed by atoms with Crippen LogP contribution in [0.15, 0.2) is 0 Å². The Morgan fingerprint density at radius 2 is 1.67 bits per heavy atom. The van der Waals surface area contributed by atoms with Crippen LogP contribution >= 0.6 is 0 Å². The van der Waals surface area contributed by atoms with E-state index in [1.54, 1.807) is 0 Å². The van der Waals surface area contributed by atoms with Crippen LogP contribution < -0.4 is 5.32 Å². The maximum atomic E-state index is 9.13. The van der Waals surface area contributed by atoms with Crippen LogP contribution in [0.4, 0.5) is 0 Å². The van der Waals surface area contributed by atoms with Crippen molar-refractivity contribution in [2.45, 2.75) is 59.9 Å². The molecule has 0 amide bonds. The van der Waals surface area contributed by atoms with Gasteiger partial charge in [-0.2, -0.15) is 0 Å². The molecule has 18 heavy (non-hydrogen) atoms. The van der Waals surface area contributed by atoms with Gasteiger partial charge in [-0.15, -0.1) is 0 Å². The van der Waals surface area contributed by atoms with Gasteiger partial charge < -0.3 is 15.3 Å². The summed E-state index contributed by atoms with van der Waals surface area (Å²) in [6, 6.07) is 0. The van der Waals surface area contributed by atoms with Gasteiger partial charge in [0, 0.05) is 25.2 Å². The number of aliphatic hydroxyl groups excluding tert-OH is 1. The van der Waals surface area contributed by atoms with E-state index < -0.39 is 0 Å². The third-order valence-corrected chi connectivity index (χ3v) is 2.99. The first-order chi connectivity index (χ1) is 8.20. The Balaban J connectivity index is 4.21. The summed E-state index contributed by atoms with van der Waals surface area (Å²) in [5.41, 5.74) is 0.401. The monoisotopic (exact) mass is 258 g/mol. The predicted octanol–water partition coefficient (Wildman–Crippen LogP) is 2.50. The summed E-state index contributed by atoms with van der Waals surface area (Å²) >= 11 is 0. The SMILES string of the molecule is CCCCN(CCO)CC(C)(C)CNC(C)(C)C.